The van der Waals surface area contributed by atoms with E-state index in [1.165, 1.54) is 18.7 Å². The predicted molar refractivity (Wildman–Crippen MR) is 89.1 cm³/mol. The lowest BCUT2D eigenvalue weighted by Gasteiger charge is -2.10. The Morgan fingerprint density at radius 2 is 1.88 bits per heavy atom. The van der Waals surface area contributed by atoms with Crippen molar-refractivity contribution in [3.05, 3.63) is 62.3 Å². The van der Waals surface area contributed by atoms with Gasteiger partial charge >= 0.3 is 5.69 Å². The van der Waals surface area contributed by atoms with Crippen molar-refractivity contribution in [2.24, 2.45) is 14.1 Å². The summed E-state index contributed by atoms with van der Waals surface area (Å²) in [6.07, 6.45) is 0. The van der Waals surface area contributed by atoms with Gasteiger partial charge in [0.15, 0.2) is 0 Å². The predicted octanol–water partition coefficient (Wildman–Crippen LogP) is 0.142. The van der Waals surface area contributed by atoms with E-state index in [1.807, 2.05) is 36.4 Å². The number of nitriles is 1. The third kappa shape index (κ3) is 3.09. The molecule has 0 aliphatic carbocycles. The Balaban J connectivity index is 2.03. The largest absolute Gasteiger partial charge is 0.331 e. The van der Waals surface area contributed by atoms with Gasteiger partial charge < -0.3 is 0 Å². The Kier molecular flexibility index (Phi) is 4.49. The summed E-state index contributed by atoms with van der Waals surface area (Å²) in [5.41, 5.74) is -0.289. The molecule has 0 amide bonds. The summed E-state index contributed by atoms with van der Waals surface area (Å²) in [5, 5.41) is 21.4. The van der Waals surface area contributed by atoms with Gasteiger partial charge in [-0.15, -0.1) is 5.10 Å². The molecule has 3 aromatic rings. The minimum Gasteiger partial charge on any atom is -0.289 e. The van der Waals surface area contributed by atoms with Crippen LogP contribution in [0.5, 0.6) is 0 Å². The van der Waals surface area contributed by atoms with E-state index in [1.54, 1.807) is 4.68 Å². The number of hydrogen-bond donors (Lipinski definition) is 0. The van der Waals surface area contributed by atoms with Crippen molar-refractivity contribution in [3.63, 3.8) is 0 Å². The summed E-state index contributed by atoms with van der Waals surface area (Å²) in [6, 6.07) is 11.5. The first kappa shape index (κ1) is 16.7. The maximum Gasteiger partial charge on any atom is 0.331 e. The lowest BCUT2D eigenvalue weighted by Crippen LogP contribution is -2.39. The molecule has 0 spiro atoms. The molecular weight excluding hydrogens is 342 g/mol. The number of rotatable bonds is 4. The molecular formula is C15H13N7O2S. The molecule has 2 heterocycles. The van der Waals surface area contributed by atoms with Crippen LogP contribution in [0.15, 0.2) is 50.1 Å². The van der Waals surface area contributed by atoms with Gasteiger partial charge in [0.05, 0.1) is 6.54 Å². The van der Waals surface area contributed by atoms with Crippen LogP contribution in [-0.2, 0) is 20.6 Å². The standard InChI is InChI=1S/C15H13N7O2S/c1-20-12(23)11(8-16)13(21(2)15(20)24)25-14-17-18-19-22(14)9-10-6-4-3-5-7-10/h3-7H,9H2,1-2H3. The Bertz CT molecular complexity index is 1080. The fraction of sp³-hybridized carbons (Fsp3) is 0.200. The average molecular weight is 355 g/mol. The van der Waals surface area contributed by atoms with Gasteiger partial charge in [0.25, 0.3) is 5.56 Å². The summed E-state index contributed by atoms with van der Waals surface area (Å²) >= 11 is 1.01. The lowest BCUT2D eigenvalue weighted by atomic mass is 10.2. The molecule has 1 aromatic carbocycles. The van der Waals surface area contributed by atoms with Crippen molar-refractivity contribution in [1.82, 2.24) is 29.3 Å². The van der Waals surface area contributed by atoms with E-state index in [0.29, 0.717) is 11.7 Å². The van der Waals surface area contributed by atoms with Crippen molar-refractivity contribution < 1.29 is 0 Å². The third-order valence-electron chi connectivity index (χ3n) is 3.58. The second-order valence-electron chi connectivity index (χ2n) is 5.20. The molecule has 126 valence electrons. The van der Waals surface area contributed by atoms with Crippen LogP contribution in [0.2, 0.25) is 0 Å². The molecule has 0 bridgehead atoms. The van der Waals surface area contributed by atoms with Crippen LogP contribution in [0.4, 0.5) is 0 Å². The van der Waals surface area contributed by atoms with E-state index in [4.69, 9.17) is 0 Å². The quantitative estimate of drug-likeness (QED) is 0.612. The maximum atomic E-state index is 12.2. The summed E-state index contributed by atoms with van der Waals surface area (Å²) < 4.78 is 3.69. The lowest BCUT2D eigenvalue weighted by molar-refractivity contribution is 0.598. The smallest absolute Gasteiger partial charge is 0.289 e. The summed E-state index contributed by atoms with van der Waals surface area (Å²) in [4.78, 5) is 24.3. The van der Waals surface area contributed by atoms with Crippen molar-refractivity contribution in [2.45, 2.75) is 16.7 Å². The number of tetrazole rings is 1. The summed E-state index contributed by atoms with van der Waals surface area (Å²) in [6.45, 7) is 0.427. The first-order chi connectivity index (χ1) is 12.0. The highest BCUT2D eigenvalue weighted by atomic mass is 32.2. The van der Waals surface area contributed by atoms with E-state index in [2.05, 4.69) is 15.5 Å². The number of nitrogens with zero attached hydrogens (tertiary/aromatic N) is 7. The van der Waals surface area contributed by atoms with Gasteiger partial charge in [-0.05, 0) is 27.8 Å². The highest BCUT2D eigenvalue weighted by molar-refractivity contribution is 7.99. The number of hydrogen-bond acceptors (Lipinski definition) is 7. The van der Waals surface area contributed by atoms with Crippen molar-refractivity contribution in [3.8, 4) is 6.07 Å². The molecule has 0 aliphatic heterocycles. The van der Waals surface area contributed by atoms with Gasteiger partial charge in [0.1, 0.15) is 16.7 Å². The molecule has 9 nitrogen and oxygen atoms in total. The van der Waals surface area contributed by atoms with Crippen LogP contribution in [0.1, 0.15) is 11.1 Å². The topological polar surface area (TPSA) is 111 Å². The molecule has 0 atom stereocenters. The Hall–Kier alpha value is -3.19. The van der Waals surface area contributed by atoms with Gasteiger partial charge in [-0.25, -0.2) is 9.48 Å². The molecule has 2 aromatic heterocycles. The van der Waals surface area contributed by atoms with Gasteiger partial charge in [0, 0.05) is 14.1 Å². The molecule has 0 saturated heterocycles. The highest BCUT2D eigenvalue weighted by Crippen LogP contribution is 2.25. The number of benzene rings is 1. The summed E-state index contributed by atoms with van der Waals surface area (Å²) in [5.74, 6) is 0. The van der Waals surface area contributed by atoms with E-state index < -0.39 is 11.2 Å². The molecule has 25 heavy (non-hydrogen) atoms. The maximum absolute atomic E-state index is 12.2. The van der Waals surface area contributed by atoms with Crippen LogP contribution < -0.4 is 11.2 Å². The normalized spacial score (nSPS) is 10.6. The highest BCUT2D eigenvalue weighted by Gasteiger charge is 2.19. The average Bonchev–Trinajstić information content (AvgIpc) is 3.06. The Morgan fingerprint density at radius 1 is 1.16 bits per heavy atom. The van der Waals surface area contributed by atoms with Crippen LogP contribution in [0, 0.1) is 11.3 Å². The molecule has 0 fully saturated rings. The van der Waals surface area contributed by atoms with Crippen molar-refractivity contribution >= 4 is 11.8 Å². The summed E-state index contributed by atoms with van der Waals surface area (Å²) in [7, 11) is 2.83. The molecule has 10 heteroatoms. The third-order valence-corrected chi connectivity index (χ3v) is 4.73. The molecule has 0 N–H and O–H groups in total. The molecule has 3 rings (SSSR count). The van der Waals surface area contributed by atoms with E-state index in [-0.39, 0.29) is 10.6 Å². The van der Waals surface area contributed by atoms with Crippen molar-refractivity contribution in [1.29, 1.82) is 5.26 Å². The molecule has 0 aliphatic rings. The molecule has 0 radical (unpaired) electrons. The van der Waals surface area contributed by atoms with Gasteiger partial charge in [0.2, 0.25) is 5.16 Å². The fourth-order valence-corrected chi connectivity index (χ4v) is 3.16. The first-order valence-electron chi connectivity index (χ1n) is 7.21. The Morgan fingerprint density at radius 3 is 2.56 bits per heavy atom. The SMILES string of the molecule is Cn1c(Sc2nnnn2Cc2ccccc2)c(C#N)c(=O)n(C)c1=O. The van der Waals surface area contributed by atoms with Gasteiger partial charge in [-0.1, -0.05) is 30.3 Å². The van der Waals surface area contributed by atoms with Crippen LogP contribution in [0.3, 0.4) is 0 Å². The molecule has 0 unspecified atom stereocenters. The Labute approximate surface area is 146 Å². The zero-order chi connectivity index (χ0) is 18.0. The van der Waals surface area contributed by atoms with Gasteiger partial charge in [-0.3, -0.25) is 13.9 Å². The van der Waals surface area contributed by atoms with Crippen LogP contribution in [0.25, 0.3) is 0 Å². The first-order valence-corrected chi connectivity index (χ1v) is 8.02. The van der Waals surface area contributed by atoms with E-state index in [0.717, 1.165) is 21.9 Å². The van der Waals surface area contributed by atoms with Crippen molar-refractivity contribution in [2.75, 3.05) is 0 Å². The zero-order valence-corrected chi connectivity index (χ0v) is 14.3. The zero-order valence-electron chi connectivity index (χ0n) is 13.4. The fourth-order valence-electron chi connectivity index (χ4n) is 2.25. The van der Waals surface area contributed by atoms with Gasteiger partial charge in [-0.2, -0.15) is 5.26 Å². The van der Waals surface area contributed by atoms with Crippen LogP contribution >= 0.6 is 11.8 Å². The van der Waals surface area contributed by atoms with E-state index in [9.17, 15) is 14.9 Å². The second kappa shape index (κ2) is 6.74. The van der Waals surface area contributed by atoms with E-state index >= 15 is 0 Å². The molecule has 0 saturated carbocycles. The minimum absolute atomic E-state index is 0.121. The van der Waals surface area contributed by atoms with Crippen LogP contribution in [-0.4, -0.2) is 29.3 Å². The minimum atomic E-state index is -0.643. The second-order valence-corrected chi connectivity index (χ2v) is 6.16. The number of aromatic nitrogens is 6. The monoisotopic (exact) mass is 355 g/mol.